The van der Waals surface area contributed by atoms with Crippen LogP contribution in [-0.2, 0) is 0 Å². The summed E-state index contributed by atoms with van der Waals surface area (Å²) in [4.78, 5) is 12.0. The Morgan fingerprint density at radius 3 is 2.17 bits per heavy atom. The predicted molar refractivity (Wildman–Crippen MR) is 99.6 cm³/mol. The van der Waals surface area contributed by atoms with Gasteiger partial charge in [0.1, 0.15) is 11.9 Å². The summed E-state index contributed by atoms with van der Waals surface area (Å²) < 4.78 is 5.87. The Morgan fingerprint density at radius 2 is 1.50 bits per heavy atom. The molecule has 1 aliphatic rings. The van der Waals surface area contributed by atoms with Crippen LogP contribution in [0.1, 0.15) is 74.4 Å². The third-order valence-corrected chi connectivity index (χ3v) is 4.21. The number of fused-ring (bicyclic) bond motifs is 1. The largest absolute Gasteiger partial charge is 0.484 e. The summed E-state index contributed by atoms with van der Waals surface area (Å²) in [6.07, 6.45) is 7.27. The lowest BCUT2D eigenvalue weighted by molar-refractivity contribution is 0.0850. The highest BCUT2D eigenvalue weighted by atomic mass is 16.5. The van der Waals surface area contributed by atoms with Crippen LogP contribution in [0.5, 0.6) is 5.75 Å². The molecule has 24 heavy (non-hydrogen) atoms. The molecular formula is C22H28O2. The number of Topliss-reactive ketones (excluding diaryl/α,β-unsaturated/α-hetero) is 1. The van der Waals surface area contributed by atoms with Crippen LogP contribution < -0.4 is 4.74 Å². The van der Waals surface area contributed by atoms with E-state index in [1.807, 2.05) is 54.6 Å². The summed E-state index contributed by atoms with van der Waals surface area (Å²) in [5.41, 5.74) is 1.75. The van der Waals surface area contributed by atoms with E-state index in [-0.39, 0.29) is 11.9 Å². The number of unbranched alkanes of at least 4 members (excludes halogenated alkanes) is 4. The monoisotopic (exact) mass is 324 g/mol. The highest BCUT2D eigenvalue weighted by molar-refractivity contribution is 5.99. The van der Waals surface area contributed by atoms with E-state index in [4.69, 9.17) is 4.74 Å². The Morgan fingerprint density at radius 1 is 0.875 bits per heavy atom. The van der Waals surface area contributed by atoms with Crippen LogP contribution in [0.2, 0.25) is 0 Å². The summed E-state index contributed by atoms with van der Waals surface area (Å²) in [6, 6.07) is 17.3. The number of carbonyl (C=O) groups is 1. The molecule has 0 aromatic heterocycles. The number of ketones is 1. The molecule has 2 heteroatoms. The summed E-state index contributed by atoms with van der Waals surface area (Å²) in [6.45, 7) is 4.49. The molecule has 1 aliphatic heterocycles. The van der Waals surface area contributed by atoms with Gasteiger partial charge in [-0.2, -0.15) is 0 Å². The van der Waals surface area contributed by atoms with Crippen molar-refractivity contribution >= 4 is 5.78 Å². The van der Waals surface area contributed by atoms with Crippen LogP contribution in [0.4, 0.5) is 0 Å². The molecule has 0 N–H and O–H groups in total. The number of benzene rings is 2. The molecule has 0 saturated carbocycles. The molecule has 0 saturated heterocycles. The van der Waals surface area contributed by atoms with E-state index in [2.05, 4.69) is 13.8 Å². The number of hydrogen-bond donors (Lipinski definition) is 0. The zero-order chi connectivity index (χ0) is 17.2. The maximum Gasteiger partial charge on any atom is 0.170 e. The third-order valence-electron chi connectivity index (χ3n) is 4.21. The zero-order valence-corrected chi connectivity index (χ0v) is 14.8. The highest BCUT2D eigenvalue weighted by Gasteiger charge is 2.26. The molecule has 1 unspecified atom stereocenters. The maximum atomic E-state index is 12.0. The normalized spacial score (nSPS) is 15.8. The zero-order valence-electron chi connectivity index (χ0n) is 14.8. The molecular weight excluding hydrogens is 296 g/mol. The van der Waals surface area contributed by atoms with Crippen molar-refractivity contribution in [1.82, 2.24) is 0 Å². The first-order valence-electron chi connectivity index (χ1n) is 9.10. The van der Waals surface area contributed by atoms with E-state index in [0.29, 0.717) is 17.7 Å². The van der Waals surface area contributed by atoms with Crippen molar-refractivity contribution < 1.29 is 9.53 Å². The number of ether oxygens (including phenoxy) is 1. The van der Waals surface area contributed by atoms with Gasteiger partial charge in [-0.1, -0.05) is 88.4 Å². The fourth-order valence-corrected chi connectivity index (χ4v) is 2.80. The maximum absolute atomic E-state index is 12.0. The van der Waals surface area contributed by atoms with Gasteiger partial charge in [0.2, 0.25) is 0 Å². The van der Waals surface area contributed by atoms with Gasteiger partial charge in [-0.05, 0) is 17.7 Å². The lowest BCUT2D eigenvalue weighted by atomic mass is 9.96. The van der Waals surface area contributed by atoms with Crippen LogP contribution in [-0.4, -0.2) is 5.78 Å². The van der Waals surface area contributed by atoms with Gasteiger partial charge < -0.3 is 4.74 Å². The summed E-state index contributed by atoms with van der Waals surface area (Å²) in [5, 5.41) is 0. The molecule has 0 aliphatic carbocycles. The SMILES string of the molecule is CCCCCCC.O=C1CC(c2ccccc2)Oc2ccccc21. The molecule has 2 aromatic carbocycles. The number of rotatable bonds is 5. The Balaban J connectivity index is 0.000000256. The van der Waals surface area contributed by atoms with E-state index < -0.39 is 0 Å². The second-order valence-electron chi connectivity index (χ2n) is 6.20. The van der Waals surface area contributed by atoms with E-state index in [9.17, 15) is 4.79 Å². The minimum absolute atomic E-state index is 0.153. The van der Waals surface area contributed by atoms with Crippen molar-refractivity contribution in [3.63, 3.8) is 0 Å². The van der Waals surface area contributed by atoms with Crippen molar-refractivity contribution in [1.29, 1.82) is 0 Å². The molecule has 128 valence electrons. The van der Waals surface area contributed by atoms with Gasteiger partial charge in [-0.15, -0.1) is 0 Å². The standard InChI is InChI=1S/C15H12O2.C7H16/c16-13-10-15(11-6-2-1-3-7-11)17-14-9-5-4-8-12(13)14;1-3-5-7-6-4-2/h1-9,15H,10H2;3-7H2,1-2H3. The van der Waals surface area contributed by atoms with E-state index in [0.717, 1.165) is 5.56 Å². The molecule has 0 radical (unpaired) electrons. The fraction of sp³-hybridized carbons (Fsp3) is 0.409. The molecule has 0 fully saturated rings. The van der Waals surface area contributed by atoms with Gasteiger partial charge in [-0.25, -0.2) is 0 Å². The first kappa shape index (κ1) is 18.3. The average molecular weight is 324 g/mol. The van der Waals surface area contributed by atoms with Crippen LogP contribution >= 0.6 is 0 Å². The van der Waals surface area contributed by atoms with Crippen LogP contribution in [0, 0.1) is 0 Å². The summed E-state index contributed by atoms with van der Waals surface area (Å²) >= 11 is 0. The first-order valence-corrected chi connectivity index (χ1v) is 9.10. The highest BCUT2D eigenvalue weighted by Crippen LogP contribution is 2.34. The minimum Gasteiger partial charge on any atom is -0.484 e. The molecule has 0 amide bonds. The van der Waals surface area contributed by atoms with Crippen molar-refractivity contribution in [3.8, 4) is 5.75 Å². The number of carbonyl (C=O) groups excluding carboxylic acids is 1. The van der Waals surface area contributed by atoms with Gasteiger partial charge >= 0.3 is 0 Å². The van der Waals surface area contributed by atoms with Gasteiger partial charge in [0.05, 0.1) is 12.0 Å². The smallest absolute Gasteiger partial charge is 0.170 e. The van der Waals surface area contributed by atoms with Gasteiger partial charge in [0.15, 0.2) is 5.78 Å². The minimum atomic E-state index is -0.154. The van der Waals surface area contributed by atoms with Gasteiger partial charge in [0, 0.05) is 0 Å². The molecule has 1 atom stereocenters. The van der Waals surface area contributed by atoms with E-state index in [1.54, 1.807) is 0 Å². The summed E-state index contributed by atoms with van der Waals surface area (Å²) in [7, 11) is 0. The Labute approximate surface area is 145 Å². The first-order chi connectivity index (χ1) is 11.8. The molecule has 3 rings (SSSR count). The van der Waals surface area contributed by atoms with Crippen molar-refractivity contribution in [3.05, 3.63) is 65.7 Å². The Hall–Kier alpha value is -2.09. The van der Waals surface area contributed by atoms with Crippen molar-refractivity contribution in [2.45, 2.75) is 58.5 Å². The number of hydrogen-bond acceptors (Lipinski definition) is 2. The van der Waals surface area contributed by atoms with Crippen LogP contribution in [0.3, 0.4) is 0 Å². The average Bonchev–Trinajstić information content (AvgIpc) is 2.63. The van der Waals surface area contributed by atoms with Gasteiger partial charge in [0.25, 0.3) is 0 Å². The molecule has 0 bridgehead atoms. The lowest BCUT2D eigenvalue weighted by Gasteiger charge is -2.25. The Bertz CT molecular complexity index is 615. The number of para-hydroxylation sites is 1. The quantitative estimate of drug-likeness (QED) is 0.597. The third kappa shape index (κ3) is 5.23. The summed E-state index contributed by atoms with van der Waals surface area (Å²) in [5.74, 6) is 0.846. The van der Waals surface area contributed by atoms with Crippen LogP contribution in [0.25, 0.3) is 0 Å². The molecule has 2 aromatic rings. The molecule has 2 nitrogen and oxygen atoms in total. The van der Waals surface area contributed by atoms with E-state index >= 15 is 0 Å². The molecule has 1 heterocycles. The van der Waals surface area contributed by atoms with Crippen LogP contribution in [0.15, 0.2) is 54.6 Å². The lowest BCUT2D eigenvalue weighted by Crippen LogP contribution is -2.20. The molecule has 0 spiro atoms. The predicted octanol–water partition coefficient (Wildman–Crippen LogP) is 6.37. The van der Waals surface area contributed by atoms with Gasteiger partial charge in [-0.3, -0.25) is 4.79 Å². The fourth-order valence-electron chi connectivity index (χ4n) is 2.80. The van der Waals surface area contributed by atoms with E-state index in [1.165, 1.54) is 32.1 Å². The second kappa shape index (κ2) is 9.92. The topological polar surface area (TPSA) is 26.3 Å². The van der Waals surface area contributed by atoms with Crippen molar-refractivity contribution in [2.24, 2.45) is 0 Å². The van der Waals surface area contributed by atoms with Crippen molar-refractivity contribution in [2.75, 3.05) is 0 Å². The Kier molecular flexibility index (Phi) is 7.54. The second-order valence-corrected chi connectivity index (χ2v) is 6.20.